The average molecular weight is 470 g/mol. The van der Waals surface area contributed by atoms with Gasteiger partial charge in [-0.05, 0) is 31.8 Å². The topological polar surface area (TPSA) is 97.7 Å². The van der Waals surface area contributed by atoms with Crippen LogP contribution < -0.4 is 0 Å². The Kier molecular flexibility index (Phi) is 3.10. The predicted octanol–water partition coefficient (Wildman–Crippen LogP) is 2.08. The maximum atomic E-state index is 13.2. The SMILES string of the molecule is C[C@@]12C(=O)O[C@@]3(C4=CC[C@H]5C[C@]4(CC5=O)C(=O)C[C@H]13)[C@H](I)C[C@H]2C(=O)O. The van der Waals surface area contributed by atoms with E-state index in [1.165, 1.54) is 0 Å². The summed E-state index contributed by atoms with van der Waals surface area (Å²) in [7, 11) is 0. The lowest BCUT2D eigenvalue weighted by Gasteiger charge is -2.56. The first-order valence-electron chi connectivity index (χ1n) is 9.05. The van der Waals surface area contributed by atoms with Gasteiger partial charge in [0.25, 0.3) is 0 Å². The molecule has 0 radical (unpaired) electrons. The summed E-state index contributed by atoms with van der Waals surface area (Å²) in [6.07, 6.45) is 3.71. The number of allylic oxidation sites excluding steroid dienone is 1. The quantitative estimate of drug-likeness (QED) is 0.273. The molecule has 0 aromatic rings. The lowest BCUT2D eigenvalue weighted by Crippen LogP contribution is -2.64. The van der Waals surface area contributed by atoms with E-state index in [1.54, 1.807) is 6.92 Å². The number of fused-ring (bicyclic) bond motifs is 1. The minimum absolute atomic E-state index is 0.0147. The summed E-state index contributed by atoms with van der Waals surface area (Å²) in [6, 6.07) is 0. The molecule has 0 amide bonds. The van der Waals surface area contributed by atoms with Crippen molar-refractivity contribution in [1.82, 2.24) is 0 Å². The van der Waals surface area contributed by atoms with Crippen molar-refractivity contribution in [2.24, 2.45) is 28.6 Å². The molecule has 5 rings (SSSR count). The van der Waals surface area contributed by atoms with Crippen molar-refractivity contribution in [2.45, 2.75) is 48.6 Å². The van der Waals surface area contributed by atoms with Crippen LogP contribution in [0.3, 0.4) is 0 Å². The summed E-state index contributed by atoms with van der Waals surface area (Å²) in [5.41, 5.74) is -2.18. The Balaban J connectivity index is 1.74. The Bertz CT molecular complexity index is 832. The summed E-state index contributed by atoms with van der Waals surface area (Å²) in [5.74, 6) is -2.86. The molecule has 1 aliphatic heterocycles. The number of alkyl halides is 1. The Morgan fingerprint density at radius 2 is 2.08 bits per heavy atom. The first-order valence-corrected chi connectivity index (χ1v) is 10.3. The molecule has 4 fully saturated rings. The maximum Gasteiger partial charge on any atom is 0.314 e. The molecule has 3 saturated carbocycles. The Hall–Kier alpha value is -1.25. The van der Waals surface area contributed by atoms with Crippen molar-refractivity contribution in [3.63, 3.8) is 0 Å². The van der Waals surface area contributed by atoms with Gasteiger partial charge in [-0.1, -0.05) is 28.7 Å². The fraction of sp³-hybridized carbons (Fsp3) is 0.684. The van der Waals surface area contributed by atoms with E-state index < -0.39 is 40.2 Å². The van der Waals surface area contributed by atoms with E-state index in [-0.39, 0.29) is 34.3 Å². The largest absolute Gasteiger partial charge is 0.481 e. The van der Waals surface area contributed by atoms with Crippen LogP contribution in [-0.2, 0) is 23.9 Å². The number of aliphatic carboxylic acids is 1. The van der Waals surface area contributed by atoms with E-state index in [9.17, 15) is 24.3 Å². The zero-order valence-corrected chi connectivity index (χ0v) is 16.4. The van der Waals surface area contributed by atoms with Crippen LogP contribution in [0.4, 0.5) is 0 Å². The van der Waals surface area contributed by atoms with Gasteiger partial charge in [0.1, 0.15) is 11.6 Å². The third-order valence-corrected chi connectivity index (χ3v) is 9.30. The number of rotatable bonds is 1. The normalized spacial score (nSPS) is 51.5. The Morgan fingerprint density at radius 1 is 1.35 bits per heavy atom. The van der Waals surface area contributed by atoms with Gasteiger partial charge in [0.2, 0.25) is 0 Å². The lowest BCUT2D eigenvalue weighted by atomic mass is 9.47. The van der Waals surface area contributed by atoms with Crippen molar-refractivity contribution in [3.05, 3.63) is 11.6 Å². The third-order valence-electron chi connectivity index (χ3n) is 7.87. The second-order valence-corrected chi connectivity index (χ2v) is 10.2. The molecule has 4 bridgehead atoms. The van der Waals surface area contributed by atoms with Gasteiger partial charge in [-0.25, -0.2) is 0 Å². The second-order valence-electron chi connectivity index (χ2n) is 8.72. The van der Waals surface area contributed by atoms with Crippen LogP contribution in [0, 0.1) is 28.6 Å². The van der Waals surface area contributed by atoms with Gasteiger partial charge in [0.05, 0.1) is 20.7 Å². The van der Waals surface area contributed by atoms with E-state index in [4.69, 9.17) is 4.74 Å². The van der Waals surface area contributed by atoms with Crippen LogP contribution >= 0.6 is 22.6 Å². The summed E-state index contributed by atoms with van der Waals surface area (Å²) in [5, 5.41) is 9.73. The zero-order valence-electron chi connectivity index (χ0n) is 14.3. The Morgan fingerprint density at radius 3 is 2.77 bits per heavy atom. The van der Waals surface area contributed by atoms with Crippen LogP contribution in [0.15, 0.2) is 11.6 Å². The van der Waals surface area contributed by atoms with Gasteiger partial charge in [-0.15, -0.1) is 0 Å². The van der Waals surface area contributed by atoms with E-state index in [1.807, 2.05) is 6.08 Å². The number of esters is 1. The number of halogens is 1. The summed E-state index contributed by atoms with van der Waals surface area (Å²) in [4.78, 5) is 50.5. The fourth-order valence-electron chi connectivity index (χ4n) is 6.55. The number of ketones is 2. The molecule has 1 N–H and O–H groups in total. The molecular weight excluding hydrogens is 451 g/mol. The molecule has 6 nitrogen and oxygen atoms in total. The molecule has 26 heavy (non-hydrogen) atoms. The van der Waals surface area contributed by atoms with Gasteiger partial charge in [-0.2, -0.15) is 0 Å². The van der Waals surface area contributed by atoms with E-state index >= 15 is 0 Å². The van der Waals surface area contributed by atoms with Crippen LogP contribution in [-0.4, -0.2) is 38.1 Å². The van der Waals surface area contributed by atoms with Crippen molar-refractivity contribution in [2.75, 3.05) is 0 Å². The van der Waals surface area contributed by atoms with Gasteiger partial charge >= 0.3 is 11.9 Å². The van der Waals surface area contributed by atoms with Crippen LogP contribution in [0.2, 0.25) is 0 Å². The Labute approximate surface area is 163 Å². The molecular formula is C19H19IO6. The van der Waals surface area contributed by atoms with Crippen molar-refractivity contribution in [3.8, 4) is 0 Å². The molecule has 138 valence electrons. The van der Waals surface area contributed by atoms with Crippen LogP contribution in [0.5, 0.6) is 0 Å². The first-order chi connectivity index (χ1) is 12.2. The molecule has 0 aromatic carbocycles. The summed E-state index contributed by atoms with van der Waals surface area (Å²) in [6.45, 7) is 1.65. The zero-order chi connectivity index (χ0) is 18.6. The number of carboxylic acids is 1. The third kappa shape index (κ3) is 1.57. The number of carboxylic acid groups (broad SMARTS) is 1. The van der Waals surface area contributed by atoms with Gasteiger partial charge in [0, 0.05) is 24.7 Å². The molecule has 4 aliphatic carbocycles. The van der Waals surface area contributed by atoms with E-state index in [0.29, 0.717) is 19.3 Å². The number of carbonyl (C=O) groups excluding carboxylic acids is 3. The van der Waals surface area contributed by atoms with Gasteiger partial charge in [0.15, 0.2) is 5.60 Å². The number of ether oxygens (including phenoxy) is 1. The molecule has 7 heteroatoms. The standard InChI is InChI=1S/C19H19IO6/c1-17-9(15(23)24)4-13(20)19(26-16(17)25)11-3-2-8-6-18(11,7-10(8)21)14(22)5-12(17)19/h3,8-9,12-13H,2,4-7H2,1H3,(H,23,24)/t8-,9-,12+,13+,17-,18+,19+/m0/s1. The number of carbonyl (C=O) groups is 4. The average Bonchev–Trinajstić information content (AvgIpc) is 2.93. The number of hydrogen-bond acceptors (Lipinski definition) is 5. The summed E-state index contributed by atoms with van der Waals surface area (Å²) < 4.78 is 5.80. The molecule has 1 spiro atoms. The second kappa shape index (κ2) is 4.77. The molecule has 5 aliphatic rings. The first kappa shape index (κ1) is 16.9. The van der Waals surface area contributed by atoms with Gasteiger partial charge in [-0.3, -0.25) is 19.2 Å². The van der Waals surface area contributed by atoms with Gasteiger partial charge < -0.3 is 9.84 Å². The molecule has 0 aromatic heterocycles. The monoisotopic (exact) mass is 470 g/mol. The predicted molar refractivity (Wildman–Crippen MR) is 96.5 cm³/mol. The highest BCUT2D eigenvalue weighted by Crippen LogP contribution is 2.71. The van der Waals surface area contributed by atoms with Crippen LogP contribution in [0.25, 0.3) is 0 Å². The lowest BCUT2D eigenvalue weighted by molar-refractivity contribution is -0.158. The molecule has 1 saturated heterocycles. The smallest absolute Gasteiger partial charge is 0.314 e. The fourth-order valence-corrected chi connectivity index (χ4v) is 7.95. The number of hydrogen-bond donors (Lipinski definition) is 1. The summed E-state index contributed by atoms with van der Waals surface area (Å²) >= 11 is 2.20. The minimum atomic E-state index is -1.20. The minimum Gasteiger partial charge on any atom is -0.481 e. The van der Waals surface area contributed by atoms with Crippen LogP contribution in [0.1, 0.15) is 39.0 Å². The number of Topliss-reactive ketones (excluding diaryl/α,β-unsaturated/α-hetero) is 2. The highest BCUT2D eigenvalue weighted by atomic mass is 127. The molecule has 0 unspecified atom stereocenters. The maximum absolute atomic E-state index is 13.2. The molecule has 1 heterocycles. The van der Waals surface area contributed by atoms with Crippen molar-refractivity contribution < 1.29 is 29.0 Å². The van der Waals surface area contributed by atoms with E-state index in [0.717, 1.165) is 5.57 Å². The molecule has 7 atom stereocenters. The van der Waals surface area contributed by atoms with Crippen molar-refractivity contribution >= 4 is 46.1 Å². The highest BCUT2D eigenvalue weighted by molar-refractivity contribution is 14.1. The van der Waals surface area contributed by atoms with Crippen molar-refractivity contribution in [1.29, 1.82) is 0 Å². The highest BCUT2D eigenvalue weighted by Gasteiger charge is 2.78. The van der Waals surface area contributed by atoms with E-state index in [2.05, 4.69) is 22.6 Å².